The molecule has 0 heterocycles. The number of carbonyl (C=O) groups is 1. The lowest BCUT2D eigenvalue weighted by Gasteiger charge is -2.17. The van der Waals surface area contributed by atoms with Crippen molar-refractivity contribution in [3.8, 4) is 0 Å². The van der Waals surface area contributed by atoms with Gasteiger partial charge in [0.1, 0.15) is 12.1 Å². The zero-order valence-electron chi connectivity index (χ0n) is 8.59. The van der Waals surface area contributed by atoms with Gasteiger partial charge >= 0.3 is 5.97 Å². The van der Waals surface area contributed by atoms with E-state index in [2.05, 4.69) is 0 Å². The van der Waals surface area contributed by atoms with E-state index in [9.17, 15) is 9.90 Å². The highest BCUT2D eigenvalue weighted by Crippen LogP contribution is 2.15. The van der Waals surface area contributed by atoms with Gasteiger partial charge in [-0.25, -0.2) is 0 Å². The molecule has 4 heteroatoms. The molecule has 1 aromatic carbocycles. The lowest BCUT2D eigenvalue weighted by atomic mass is 10.0. The normalized spacial score (nSPS) is 14.3. The fourth-order valence-corrected chi connectivity index (χ4v) is 1.22. The maximum absolute atomic E-state index is 11.3. The number of carbonyl (C=O) groups excluding carboxylic acids is 1. The van der Waals surface area contributed by atoms with Gasteiger partial charge in [-0.05, 0) is 12.5 Å². The van der Waals surface area contributed by atoms with E-state index < -0.39 is 18.1 Å². The van der Waals surface area contributed by atoms with Gasteiger partial charge in [-0.15, -0.1) is 0 Å². The third kappa shape index (κ3) is 3.04. The van der Waals surface area contributed by atoms with Crippen LogP contribution in [0.5, 0.6) is 0 Å². The highest BCUT2D eigenvalue weighted by atomic mass is 16.5. The Morgan fingerprint density at radius 2 is 2.07 bits per heavy atom. The molecular formula is C11H15NO3. The van der Waals surface area contributed by atoms with Gasteiger partial charge in [-0.2, -0.15) is 0 Å². The van der Waals surface area contributed by atoms with E-state index in [0.717, 1.165) is 0 Å². The number of hydrogen-bond acceptors (Lipinski definition) is 4. The summed E-state index contributed by atoms with van der Waals surface area (Å²) >= 11 is 0. The van der Waals surface area contributed by atoms with Crippen LogP contribution in [0.2, 0.25) is 0 Å². The van der Waals surface area contributed by atoms with Gasteiger partial charge in [0.15, 0.2) is 0 Å². The molecule has 3 N–H and O–H groups in total. The van der Waals surface area contributed by atoms with Gasteiger partial charge < -0.3 is 15.6 Å². The average Bonchev–Trinajstić information content (AvgIpc) is 2.28. The lowest BCUT2D eigenvalue weighted by molar-refractivity contribution is -0.147. The Bertz CT molecular complexity index is 313. The van der Waals surface area contributed by atoms with Crippen molar-refractivity contribution in [3.63, 3.8) is 0 Å². The standard InChI is InChI=1S/C11H15NO3/c1-2-15-11(14)9(12)10(13)8-6-4-3-5-7-8/h3-7,9-10,13H,2,12H2,1H3/t9-,10+/m1/s1. The molecule has 0 saturated carbocycles. The summed E-state index contributed by atoms with van der Waals surface area (Å²) in [7, 11) is 0. The van der Waals surface area contributed by atoms with Crippen molar-refractivity contribution < 1.29 is 14.6 Å². The number of aliphatic hydroxyl groups excluding tert-OH is 1. The first-order chi connectivity index (χ1) is 7.16. The Labute approximate surface area is 88.7 Å². The predicted octanol–water partition coefficient (Wildman–Crippen LogP) is 0.610. The zero-order valence-corrected chi connectivity index (χ0v) is 8.59. The van der Waals surface area contributed by atoms with E-state index in [0.29, 0.717) is 5.56 Å². The summed E-state index contributed by atoms with van der Waals surface area (Å²) < 4.78 is 4.72. The first-order valence-corrected chi connectivity index (χ1v) is 4.82. The monoisotopic (exact) mass is 209 g/mol. The Morgan fingerprint density at radius 1 is 1.47 bits per heavy atom. The summed E-state index contributed by atoms with van der Waals surface area (Å²) in [4.78, 5) is 11.3. The maximum Gasteiger partial charge on any atom is 0.325 e. The molecule has 0 aliphatic rings. The molecule has 1 aromatic rings. The van der Waals surface area contributed by atoms with Gasteiger partial charge in [0, 0.05) is 0 Å². The molecule has 0 aliphatic carbocycles. The summed E-state index contributed by atoms with van der Waals surface area (Å²) in [5.74, 6) is -0.589. The molecule has 0 saturated heterocycles. The first kappa shape index (κ1) is 11.7. The van der Waals surface area contributed by atoms with Gasteiger partial charge in [0.2, 0.25) is 0 Å². The van der Waals surface area contributed by atoms with Gasteiger partial charge in [0.25, 0.3) is 0 Å². The van der Waals surface area contributed by atoms with Crippen LogP contribution in [0.15, 0.2) is 30.3 Å². The summed E-state index contributed by atoms with van der Waals surface area (Å²) in [5, 5.41) is 9.76. The van der Waals surface area contributed by atoms with Crippen molar-refractivity contribution >= 4 is 5.97 Å². The Morgan fingerprint density at radius 3 is 2.60 bits per heavy atom. The predicted molar refractivity (Wildman–Crippen MR) is 56.0 cm³/mol. The number of rotatable bonds is 4. The van der Waals surface area contributed by atoms with Gasteiger partial charge in [-0.3, -0.25) is 4.79 Å². The van der Waals surface area contributed by atoms with Crippen molar-refractivity contribution in [3.05, 3.63) is 35.9 Å². The molecule has 0 radical (unpaired) electrons. The summed E-state index contributed by atoms with van der Waals surface area (Å²) in [6.45, 7) is 1.95. The van der Waals surface area contributed by atoms with E-state index >= 15 is 0 Å². The molecule has 0 aromatic heterocycles. The molecule has 1 rings (SSSR count). The number of hydrogen-bond donors (Lipinski definition) is 2. The van der Waals surface area contributed by atoms with Crippen LogP contribution in [0, 0.1) is 0 Å². The maximum atomic E-state index is 11.3. The van der Waals surface area contributed by atoms with Crippen molar-refractivity contribution in [2.24, 2.45) is 5.73 Å². The molecule has 15 heavy (non-hydrogen) atoms. The van der Waals surface area contributed by atoms with Crippen LogP contribution >= 0.6 is 0 Å². The Kier molecular flexibility index (Phi) is 4.27. The number of ether oxygens (including phenoxy) is 1. The summed E-state index contributed by atoms with van der Waals surface area (Å²) in [6, 6.07) is 7.76. The second-order valence-corrected chi connectivity index (χ2v) is 3.13. The van der Waals surface area contributed by atoms with Crippen molar-refractivity contribution in [1.82, 2.24) is 0 Å². The van der Waals surface area contributed by atoms with Crippen LogP contribution in [0.3, 0.4) is 0 Å². The van der Waals surface area contributed by atoms with Crippen LogP contribution in [0.25, 0.3) is 0 Å². The molecule has 0 fully saturated rings. The molecule has 0 aliphatic heterocycles. The summed E-state index contributed by atoms with van der Waals surface area (Å²) in [6.07, 6.45) is -1.02. The van der Waals surface area contributed by atoms with Gasteiger partial charge in [0.05, 0.1) is 6.61 Å². The van der Waals surface area contributed by atoms with Crippen LogP contribution < -0.4 is 5.73 Å². The molecule has 82 valence electrons. The SMILES string of the molecule is CCOC(=O)[C@H](N)[C@@H](O)c1ccccc1. The van der Waals surface area contributed by atoms with Crippen molar-refractivity contribution in [1.29, 1.82) is 0 Å². The van der Waals surface area contributed by atoms with E-state index in [-0.39, 0.29) is 6.61 Å². The minimum atomic E-state index is -1.03. The van der Waals surface area contributed by atoms with Crippen LogP contribution in [0.1, 0.15) is 18.6 Å². The molecule has 0 unspecified atom stereocenters. The molecule has 0 bridgehead atoms. The second kappa shape index (κ2) is 5.48. The number of esters is 1. The third-order valence-corrected chi connectivity index (χ3v) is 2.04. The average molecular weight is 209 g/mol. The third-order valence-electron chi connectivity index (χ3n) is 2.04. The van der Waals surface area contributed by atoms with Crippen LogP contribution in [-0.4, -0.2) is 23.7 Å². The molecule has 0 amide bonds. The highest BCUT2D eigenvalue weighted by molar-refractivity contribution is 5.76. The van der Waals surface area contributed by atoms with E-state index in [1.54, 1.807) is 31.2 Å². The zero-order chi connectivity index (χ0) is 11.3. The molecule has 4 nitrogen and oxygen atoms in total. The topological polar surface area (TPSA) is 72.5 Å². The second-order valence-electron chi connectivity index (χ2n) is 3.13. The molecule has 2 atom stereocenters. The van der Waals surface area contributed by atoms with Gasteiger partial charge in [-0.1, -0.05) is 30.3 Å². The largest absolute Gasteiger partial charge is 0.465 e. The molecular weight excluding hydrogens is 194 g/mol. The van der Waals surface area contributed by atoms with Crippen molar-refractivity contribution in [2.45, 2.75) is 19.1 Å². The minimum Gasteiger partial charge on any atom is -0.465 e. The smallest absolute Gasteiger partial charge is 0.325 e. The van der Waals surface area contributed by atoms with Crippen molar-refractivity contribution in [2.75, 3.05) is 6.61 Å². The Hall–Kier alpha value is -1.39. The van der Waals surface area contributed by atoms with Crippen LogP contribution in [0.4, 0.5) is 0 Å². The van der Waals surface area contributed by atoms with Crippen LogP contribution in [-0.2, 0) is 9.53 Å². The first-order valence-electron chi connectivity index (χ1n) is 4.82. The summed E-state index contributed by atoms with van der Waals surface area (Å²) in [5.41, 5.74) is 6.16. The van der Waals surface area contributed by atoms with E-state index in [1.165, 1.54) is 0 Å². The number of aliphatic hydroxyl groups is 1. The number of benzene rings is 1. The van der Waals surface area contributed by atoms with E-state index in [1.807, 2.05) is 6.07 Å². The fourth-order valence-electron chi connectivity index (χ4n) is 1.22. The molecule has 0 spiro atoms. The quantitative estimate of drug-likeness (QED) is 0.713. The minimum absolute atomic E-state index is 0.258. The Balaban J connectivity index is 2.68. The highest BCUT2D eigenvalue weighted by Gasteiger charge is 2.24. The lowest BCUT2D eigenvalue weighted by Crippen LogP contribution is -2.38. The fraction of sp³-hybridized carbons (Fsp3) is 0.364. The van der Waals surface area contributed by atoms with E-state index in [4.69, 9.17) is 10.5 Å². The number of nitrogens with two attached hydrogens (primary N) is 1.